The Morgan fingerprint density at radius 3 is 2.59 bits per heavy atom. The minimum atomic E-state index is 0.215. The van der Waals surface area contributed by atoms with Gasteiger partial charge in [-0.1, -0.05) is 47.5 Å². The van der Waals surface area contributed by atoms with Crippen LogP contribution in [0.4, 0.5) is 0 Å². The van der Waals surface area contributed by atoms with E-state index in [9.17, 15) is 0 Å². The molecule has 1 heterocycles. The number of nitrogens with two attached hydrogens (primary N) is 1. The van der Waals surface area contributed by atoms with E-state index in [1.54, 1.807) is 0 Å². The molecule has 3 aromatic rings. The number of aryl methyl sites for hydroxylation is 1. The number of halogens is 2. The Morgan fingerprint density at radius 2 is 1.86 bits per heavy atom. The zero-order valence-corrected chi connectivity index (χ0v) is 13.9. The van der Waals surface area contributed by atoms with Gasteiger partial charge >= 0.3 is 0 Å². The number of nitrogens with one attached hydrogen (secondary N) is 1. The zero-order chi connectivity index (χ0) is 15.7. The van der Waals surface area contributed by atoms with Crippen molar-refractivity contribution in [1.82, 2.24) is 4.98 Å². The van der Waals surface area contributed by atoms with E-state index in [1.165, 1.54) is 22.2 Å². The van der Waals surface area contributed by atoms with E-state index in [1.807, 2.05) is 24.3 Å². The van der Waals surface area contributed by atoms with E-state index >= 15 is 0 Å². The lowest BCUT2D eigenvalue weighted by Gasteiger charge is -2.16. The van der Waals surface area contributed by atoms with Gasteiger partial charge in [-0.15, -0.1) is 0 Å². The number of fused-ring (bicyclic) bond motifs is 1. The van der Waals surface area contributed by atoms with Gasteiger partial charge in [-0.2, -0.15) is 0 Å². The molecule has 0 saturated heterocycles. The third-order valence-corrected chi connectivity index (χ3v) is 4.92. The van der Waals surface area contributed by atoms with Gasteiger partial charge in [0.15, 0.2) is 0 Å². The van der Waals surface area contributed by atoms with Crippen molar-refractivity contribution in [2.24, 2.45) is 5.73 Å². The Hall–Kier alpha value is -1.48. The second-order valence-electron chi connectivity index (χ2n) is 5.58. The molecule has 3 N–H and O–H groups in total. The van der Waals surface area contributed by atoms with Gasteiger partial charge in [-0.05, 0) is 49.2 Å². The third kappa shape index (κ3) is 2.87. The Bertz CT molecular complexity index is 808. The smallest absolute Gasteiger partial charge is 0.0595 e. The number of aromatic nitrogens is 1. The molecule has 0 radical (unpaired) electrons. The molecular weight excluding hydrogens is 315 g/mol. The fourth-order valence-electron chi connectivity index (χ4n) is 2.95. The van der Waals surface area contributed by atoms with Gasteiger partial charge in [0.05, 0.1) is 10.0 Å². The van der Waals surface area contributed by atoms with Crippen LogP contribution in [0.1, 0.15) is 22.7 Å². The van der Waals surface area contributed by atoms with Crippen LogP contribution in [-0.2, 0) is 6.42 Å². The number of hydrogen-bond donors (Lipinski definition) is 2. The van der Waals surface area contributed by atoms with Crippen molar-refractivity contribution in [2.45, 2.75) is 19.3 Å². The van der Waals surface area contributed by atoms with Crippen molar-refractivity contribution >= 4 is 34.1 Å². The highest BCUT2D eigenvalue weighted by Crippen LogP contribution is 2.31. The minimum Gasteiger partial charge on any atom is -0.358 e. The van der Waals surface area contributed by atoms with Gasteiger partial charge in [-0.3, -0.25) is 0 Å². The van der Waals surface area contributed by atoms with Gasteiger partial charge in [0.2, 0.25) is 0 Å². The summed E-state index contributed by atoms with van der Waals surface area (Å²) < 4.78 is 0. The first-order valence-electron chi connectivity index (χ1n) is 7.31. The quantitative estimate of drug-likeness (QED) is 0.688. The number of hydrogen-bond acceptors (Lipinski definition) is 1. The van der Waals surface area contributed by atoms with Crippen LogP contribution in [0.2, 0.25) is 10.0 Å². The summed E-state index contributed by atoms with van der Waals surface area (Å²) in [4.78, 5) is 3.44. The molecule has 1 aromatic heterocycles. The van der Waals surface area contributed by atoms with E-state index in [2.05, 4.69) is 30.1 Å². The van der Waals surface area contributed by atoms with Crippen molar-refractivity contribution in [3.63, 3.8) is 0 Å². The number of benzene rings is 2. The molecule has 114 valence electrons. The van der Waals surface area contributed by atoms with E-state index in [4.69, 9.17) is 28.9 Å². The molecular formula is C18H18Cl2N2. The average Bonchev–Trinajstić information content (AvgIpc) is 2.83. The van der Waals surface area contributed by atoms with Gasteiger partial charge in [0.25, 0.3) is 0 Å². The molecule has 2 nitrogen and oxygen atoms in total. The first-order chi connectivity index (χ1) is 10.6. The van der Waals surface area contributed by atoms with Crippen LogP contribution in [0, 0.1) is 6.92 Å². The summed E-state index contributed by atoms with van der Waals surface area (Å²) in [5.74, 6) is 0.215. The standard InChI is InChI=1S/C18H18Cl2N2/c1-11-15(14-4-2-3-5-18(14)22-11)8-13(10-21)12-6-7-16(19)17(20)9-12/h2-7,9,13,22H,8,10,21H2,1H3. The highest BCUT2D eigenvalue weighted by molar-refractivity contribution is 6.42. The Labute approximate surface area is 140 Å². The molecule has 1 atom stereocenters. The van der Waals surface area contributed by atoms with Crippen LogP contribution in [-0.4, -0.2) is 11.5 Å². The lowest BCUT2D eigenvalue weighted by Crippen LogP contribution is -2.15. The maximum Gasteiger partial charge on any atom is 0.0595 e. The SMILES string of the molecule is Cc1[nH]c2ccccc2c1CC(CN)c1ccc(Cl)c(Cl)c1. The molecule has 3 rings (SSSR count). The molecule has 0 aliphatic rings. The molecule has 0 saturated carbocycles. The van der Waals surface area contributed by atoms with E-state index < -0.39 is 0 Å². The van der Waals surface area contributed by atoms with Gasteiger partial charge in [-0.25, -0.2) is 0 Å². The van der Waals surface area contributed by atoms with E-state index in [0.717, 1.165) is 12.0 Å². The van der Waals surface area contributed by atoms with Gasteiger partial charge in [0.1, 0.15) is 0 Å². The fourth-order valence-corrected chi connectivity index (χ4v) is 3.25. The molecule has 2 aromatic carbocycles. The second-order valence-corrected chi connectivity index (χ2v) is 6.40. The lowest BCUT2D eigenvalue weighted by atomic mass is 9.91. The van der Waals surface area contributed by atoms with E-state index in [0.29, 0.717) is 16.6 Å². The number of H-pyrrole nitrogens is 1. The topological polar surface area (TPSA) is 41.8 Å². The highest BCUT2D eigenvalue weighted by Gasteiger charge is 2.16. The van der Waals surface area contributed by atoms with Crippen molar-refractivity contribution in [3.8, 4) is 0 Å². The average molecular weight is 333 g/mol. The lowest BCUT2D eigenvalue weighted by molar-refractivity contribution is 0.694. The van der Waals surface area contributed by atoms with Gasteiger partial charge < -0.3 is 10.7 Å². The predicted molar refractivity (Wildman–Crippen MR) is 95.0 cm³/mol. The molecule has 4 heteroatoms. The molecule has 22 heavy (non-hydrogen) atoms. The summed E-state index contributed by atoms with van der Waals surface area (Å²) in [6.45, 7) is 2.68. The molecule has 0 amide bonds. The van der Waals surface area contributed by atoms with Crippen molar-refractivity contribution in [2.75, 3.05) is 6.54 Å². The summed E-state index contributed by atoms with van der Waals surface area (Å²) in [6, 6.07) is 14.1. The third-order valence-electron chi connectivity index (χ3n) is 4.18. The predicted octanol–water partition coefficient (Wildman–Crippen LogP) is 5.07. The van der Waals surface area contributed by atoms with Crippen LogP contribution >= 0.6 is 23.2 Å². The number of para-hydroxylation sites is 1. The minimum absolute atomic E-state index is 0.215. The largest absolute Gasteiger partial charge is 0.358 e. The maximum absolute atomic E-state index is 6.14. The van der Waals surface area contributed by atoms with Crippen LogP contribution in [0.25, 0.3) is 10.9 Å². The molecule has 0 aliphatic carbocycles. The van der Waals surface area contributed by atoms with Crippen LogP contribution in [0.3, 0.4) is 0 Å². The molecule has 0 fully saturated rings. The highest BCUT2D eigenvalue weighted by atomic mass is 35.5. The van der Waals surface area contributed by atoms with Crippen LogP contribution < -0.4 is 5.73 Å². The Kier molecular flexibility index (Phi) is 4.44. The fraction of sp³-hybridized carbons (Fsp3) is 0.222. The summed E-state index contributed by atoms with van der Waals surface area (Å²) in [5, 5.41) is 2.41. The first-order valence-corrected chi connectivity index (χ1v) is 8.07. The second kappa shape index (κ2) is 6.33. The molecule has 0 spiro atoms. The summed E-state index contributed by atoms with van der Waals surface area (Å²) in [5.41, 5.74) is 10.8. The normalized spacial score (nSPS) is 12.7. The Balaban J connectivity index is 1.97. The van der Waals surface area contributed by atoms with Crippen LogP contribution in [0.15, 0.2) is 42.5 Å². The summed E-state index contributed by atoms with van der Waals surface area (Å²) in [6.07, 6.45) is 0.879. The number of rotatable bonds is 4. The van der Waals surface area contributed by atoms with Crippen molar-refractivity contribution in [1.29, 1.82) is 0 Å². The molecule has 1 unspecified atom stereocenters. The van der Waals surface area contributed by atoms with Crippen molar-refractivity contribution in [3.05, 3.63) is 69.3 Å². The number of aromatic amines is 1. The van der Waals surface area contributed by atoms with Crippen LogP contribution in [0.5, 0.6) is 0 Å². The summed E-state index contributed by atoms with van der Waals surface area (Å²) in [7, 11) is 0. The van der Waals surface area contributed by atoms with Gasteiger partial charge in [0, 0.05) is 22.5 Å². The molecule has 0 bridgehead atoms. The van der Waals surface area contributed by atoms with E-state index in [-0.39, 0.29) is 5.92 Å². The monoisotopic (exact) mass is 332 g/mol. The Morgan fingerprint density at radius 1 is 1.09 bits per heavy atom. The summed E-state index contributed by atoms with van der Waals surface area (Å²) >= 11 is 12.2. The zero-order valence-electron chi connectivity index (χ0n) is 12.4. The molecule has 0 aliphatic heterocycles. The first kappa shape index (κ1) is 15.4. The maximum atomic E-state index is 6.14. The van der Waals surface area contributed by atoms with Crippen molar-refractivity contribution < 1.29 is 0 Å².